The monoisotopic (exact) mass is 274 g/mol. The van der Waals surface area contributed by atoms with Gasteiger partial charge in [0, 0.05) is 20.1 Å². The summed E-state index contributed by atoms with van der Waals surface area (Å²) in [5.74, 6) is -0.834. The van der Waals surface area contributed by atoms with Crippen molar-refractivity contribution in [3.63, 3.8) is 0 Å². The number of halogens is 2. The lowest BCUT2D eigenvalue weighted by Crippen LogP contribution is -2.35. The second kappa shape index (κ2) is 8.06. The van der Waals surface area contributed by atoms with Crippen molar-refractivity contribution in [2.75, 3.05) is 27.2 Å². The van der Waals surface area contributed by atoms with Gasteiger partial charge in [0.05, 0.1) is 5.92 Å². The second-order valence-electron chi connectivity index (χ2n) is 4.11. The highest BCUT2D eigenvalue weighted by Gasteiger charge is 2.21. The first kappa shape index (κ1) is 16.9. The summed E-state index contributed by atoms with van der Waals surface area (Å²) in [4.78, 5) is 13.7. The minimum atomic E-state index is -0.446. The normalized spacial score (nSPS) is 11.6. The van der Waals surface area contributed by atoms with E-state index in [9.17, 15) is 9.18 Å². The predicted molar refractivity (Wildman–Crippen MR) is 73.6 cm³/mol. The maximum atomic E-state index is 13.5. The van der Waals surface area contributed by atoms with Crippen LogP contribution in [0.4, 0.5) is 4.39 Å². The first-order chi connectivity index (χ1) is 8.07. The molecule has 0 heterocycles. The van der Waals surface area contributed by atoms with Gasteiger partial charge >= 0.3 is 0 Å². The third-order valence-corrected chi connectivity index (χ3v) is 2.82. The van der Waals surface area contributed by atoms with Crippen LogP contribution in [0.25, 0.3) is 0 Å². The van der Waals surface area contributed by atoms with Gasteiger partial charge < -0.3 is 10.2 Å². The molecule has 0 bridgehead atoms. The molecule has 1 unspecified atom stereocenters. The molecule has 102 valence electrons. The number of likely N-dealkylation sites (N-methyl/N-ethyl adjacent to an activating group) is 2. The standard InChI is InChI=1S/C13H19FN2O.ClH/c1-10(11-6-4-5-7-12(11)14)13(17)16(3)9-8-15-2;/h4-7,10,15H,8-9H2,1-3H3;1H. The molecule has 0 aromatic heterocycles. The van der Waals surface area contributed by atoms with E-state index in [2.05, 4.69) is 5.32 Å². The van der Waals surface area contributed by atoms with Crippen molar-refractivity contribution in [2.24, 2.45) is 0 Å². The summed E-state index contributed by atoms with van der Waals surface area (Å²) in [6, 6.07) is 6.41. The lowest BCUT2D eigenvalue weighted by molar-refractivity contribution is -0.131. The van der Waals surface area contributed by atoms with Crippen LogP contribution in [0.1, 0.15) is 18.4 Å². The third kappa shape index (κ3) is 4.27. The molecule has 18 heavy (non-hydrogen) atoms. The summed E-state index contributed by atoms with van der Waals surface area (Å²) < 4.78 is 13.5. The number of carbonyl (C=O) groups is 1. The molecule has 0 spiro atoms. The zero-order valence-electron chi connectivity index (χ0n) is 10.9. The topological polar surface area (TPSA) is 32.3 Å². The van der Waals surface area contributed by atoms with Crippen molar-refractivity contribution in [3.8, 4) is 0 Å². The smallest absolute Gasteiger partial charge is 0.229 e. The fourth-order valence-electron chi connectivity index (χ4n) is 1.68. The van der Waals surface area contributed by atoms with Crippen molar-refractivity contribution < 1.29 is 9.18 Å². The second-order valence-corrected chi connectivity index (χ2v) is 4.11. The van der Waals surface area contributed by atoms with Crippen LogP contribution in [0.15, 0.2) is 24.3 Å². The Bertz CT molecular complexity index is 387. The third-order valence-electron chi connectivity index (χ3n) is 2.82. The van der Waals surface area contributed by atoms with Crippen LogP contribution in [0.5, 0.6) is 0 Å². The van der Waals surface area contributed by atoms with Crippen LogP contribution in [0.2, 0.25) is 0 Å². The Hall–Kier alpha value is -1.13. The minimum absolute atomic E-state index is 0. The molecular weight excluding hydrogens is 255 g/mol. The largest absolute Gasteiger partial charge is 0.344 e. The summed E-state index contributed by atoms with van der Waals surface area (Å²) in [6.45, 7) is 3.08. The molecule has 3 nitrogen and oxygen atoms in total. The number of hydrogen-bond acceptors (Lipinski definition) is 2. The number of hydrogen-bond donors (Lipinski definition) is 1. The minimum Gasteiger partial charge on any atom is -0.344 e. The van der Waals surface area contributed by atoms with E-state index in [1.54, 1.807) is 37.1 Å². The van der Waals surface area contributed by atoms with Gasteiger partial charge in [-0.25, -0.2) is 4.39 Å². The lowest BCUT2D eigenvalue weighted by Gasteiger charge is -2.21. The first-order valence-corrected chi connectivity index (χ1v) is 5.72. The van der Waals surface area contributed by atoms with E-state index in [-0.39, 0.29) is 24.1 Å². The van der Waals surface area contributed by atoms with Gasteiger partial charge in [-0.3, -0.25) is 4.79 Å². The molecule has 0 fully saturated rings. The molecule has 0 aliphatic rings. The number of benzene rings is 1. The summed E-state index contributed by atoms with van der Waals surface area (Å²) >= 11 is 0. The average molecular weight is 275 g/mol. The van der Waals surface area contributed by atoms with Gasteiger partial charge in [0.25, 0.3) is 0 Å². The molecule has 0 saturated carbocycles. The fourth-order valence-corrected chi connectivity index (χ4v) is 1.68. The lowest BCUT2D eigenvalue weighted by atomic mass is 9.99. The van der Waals surface area contributed by atoms with E-state index in [1.165, 1.54) is 6.07 Å². The van der Waals surface area contributed by atoms with Crippen LogP contribution in [-0.4, -0.2) is 38.0 Å². The van der Waals surface area contributed by atoms with Gasteiger partial charge in [-0.05, 0) is 25.6 Å². The Morgan fingerprint density at radius 1 is 1.44 bits per heavy atom. The van der Waals surface area contributed by atoms with Crippen molar-refractivity contribution in [3.05, 3.63) is 35.6 Å². The molecular formula is C13H20ClFN2O. The van der Waals surface area contributed by atoms with Gasteiger partial charge in [0.15, 0.2) is 0 Å². The van der Waals surface area contributed by atoms with E-state index in [1.807, 2.05) is 7.05 Å². The highest BCUT2D eigenvalue weighted by Crippen LogP contribution is 2.20. The van der Waals surface area contributed by atoms with Crippen molar-refractivity contribution in [1.82, 2.24) is 10.2 Å². The van der Waals surface area contributed by atoms with Crippen molar-refractivity contribution in [2.45, 2.75) is 12.8 Å². The number of nitrogens with zero attached hydrogens (tertiary/aromatic N) is 1. The van der Waals surface area contributed by atoms with Gasteiger partial charge in [0.1, 0.15) is 5.82 Å². The number of rotatable bonds is 5. The van der Waals surface area contributed by atoms with E-state index >= 15 is 0 Å². The molecule has 0 radical (unpaired) electrons. The Kier molecular flexibility index (Phi) is 7.55. The molecule has 1 aromatic carbocycles. The molecule has 1 aromatic rings. The van der Waals surface area contributed by atoms with Crippen LogP contribution < -0.4 is 5.32 Å². The van der Waals surface area contributed by atoms with Gasteiger partial charge in [-0.15, -0.1) is 12.4 Å². The SMILES string of the molecule is CNCCN(C)C(=O)C(C)c1ccccc1F.Cl. The van der Waals surface area contributed by atoms with Gasteiger partial charge in [-0.1, -0.05) is 18.2 Å². The van der Waals surface area contributed by atoms with E-state index < -0.39 is 5.92 Å². The summed E-state index contributed by atoms with van der Waals surface area (Å²) in [5, 5.41) is 2.98. The highest BCUT2D eigenvalue weighted by atomic mass is 35.5. The van der Waals surface area contributed by atoms with Crippen LogP contribution in [0, 0.1) is 5.82 Å². The molecule has 5 heteroatoms. The molecule has 1 atom stereocenters. The van der Waals surface area contributed by atoms with E-state index in [4.69, 9.17) is 0 Å². The Morgan fingerprint density at radius 2 is 2.06 bits per heavy atom. The molecule has 1 rings (SSSR count). The summed E-state index contributed by atoms with van der Waals surface area (Å²) in [5.41, 5.74) is 0.453. The van der Waals surface area contributed by atoms with Gasteiger partial charge in [0.2, 0.25) is 5.91 Å². The van der Waals surface area contributed by atoms with Crippen LogP contribution in [-0.2, 0) is 4.79 Å². The zero-order chi connectivity index (χ0) is 12.8. The molecule has 0 saturated heterocycles. The predicted octanol–water partition coefficient (Wildman–Crippen LogP) is 2.03. The zero-order valence-corrected chi connectivity index (χ0v) is 11.8. The quantitative estimate of drug-likeness (QED) is 0.891. The molecule has 1 amide bonds. The summed E-state index contributed by atoms with van der Waals surface area (Å²) in [7, 11) is 3.57. The summed E-state index contributed by atoms with van der Waals surface area (Å²) in [6.07, 6.45) is 0. The van der Waals surface area contributed by atoms with Crippen molar-refractivity contribution >= 4 is 18.3 Å². The first-order valence-electron chi connectivity index (χ1n) is 5.72. The van der Waals surface area contributed by atoms with Crippen molar-refractivity contribution in [1.29, 1.82) is 0 Å². The highest BCUT2D eigenvalue weighted by molar-refractivity contribution is 5.85. The average Bonchev–Trinajstić information content (AvgIpc) is 2.34. The fraction of sp³-hybridized carbons (Fsp3) is 0.462. The van der Waals surface area contributed by atoms with Crippen LogP contribution in [0.3, 0.4) is 0 Å². The molecule has 1 N–H and O–H groups in total. The molecule has 0 aliphatic heterocycles. The van der Waals surface area contributed by atoms with E-state index in [0.717, 1.165) is 6.54 Å². The number of nitrogens with one attached hydrogen (secondary N) is 1. The molecule has 0 aliphatic carbocycles. The maximum Gasteiger partial charge on any atom is 0.229 e. The number of amides is 1. The maximum absolute atomic E-state index is 13.5. The van der Waals surface area contributed by atoms with E-state index in [0.29, 0.717) is 12.1 Å². The van der Waals surface area contributed by atoms with Gasteiger partial charge in [-0.2, -0.15) is 0 Å². The number of carbonyl (C=O) groups excluding carboxylic acids is 1. The Balaban J connectivity index is 0.00000289. The Labute approximate surface area is 114 Å². The Morgan fingerprint density at radius 3 is 2.61 bits per heavy atom. The van der Waals surface area contributed by atoms with Crippen LogP contribution >= 0.6 is 12.4 Å².